The van der Waals surface area contributed by atoms with E-state index in [0.717, 1.165) is 11.3 Å². The lowest BCUT2D eigenvalue weighted by Gasteiger charge is -2.27. The van der Waals surface area contributed by atoms with Gasteiger partial charge in [-0.2, -0.15) is 5.10 Å². The smallest absolute Gasteiger partial charge is 0.303 e. The second-order valence-corrected chi connectivity index (χ2v) is 4.36. The first-order valence-corrected chi connectivity index (χ1v) is 6.23. The lowest BCUT2D eigenvalue weighted by atomic mass is 10.1. The number of halogens is 1. The van der Waals surface area contributed by atoms with Gasteiger partial charge in [0.1, 0.15) is 6.17 Å². The summed E-state index contributed by atoms with van der Waals surface area (Å²) in [5, 5.41) is 14.8. The fraction of sp³-hybridized carbons (Fsp3) is 0.286. The van der Waals surface area contributed by atoms with Gasteiger partial charge in [-0.1, -0.05) is 30.3 Å². The Morgan fingerprint density at radius 3 is 2.70 bits per heavy atom. The fourth-order valence-corrected chi connectivity index (χ4v) is 1.88. The van der Waals surface area contributed by atoms with E-state index in [1.165, 1.54) is 0 Å². The number of nitrogens with zero attached hydrogens (tertiary/aromatic N) is 2. The first-order chi connectivity index (χ1) is 9.16. The van der Waals surface area contributed by atoms with Crippen LogP contribution in [-0.2, 0) is 4.79 Å². The summed E-state index contributed by atoms with van der Waals surface area (Å²) in [6.45, 7) is 0.536. The molecule has 1 aromatic carbocycles. The summed E-state index contributed by atoms with van der Waals surface area (Å²) >= 11 is 0. The number of carboxylic acid groups (broad SMARTS) is 1. The van der Waals surface area contributed by atoms with E-state index in [4.69, 9.17) is 10.8 Å². The molecule has 0 saturated heterocycles. The molecule has 0 fully saturated rings. The third-order valence-electron chi connectivity index (χ3n) is 2.88. The molecule has 108 valence electrons. The molecule has 0 radical (unpaired) electrons. The Balaban J connectivity index is 0.00000200. The first kappa shape index (κ1) is 16.4. The molecule has 6 heteroatoms. The van der Waals surface area contributed by atoms with E-state index >= 15 is 0 Å². The van der Waals surface area contributed by atoms with Gasteiger partial charge in [-0.25, -0.2) is 0 Å². The summed E-state index contributed by atoms with van der Waals surface area (Å²) in [6, 6.07) is 9.82. The van der Waals surface area contributed by atoms with Gasteiger partial charge in [-0.3, -0.25) is 9.80 Å². The monoisotopic (exact) mass is 339 g/mol. The number of benzene rings is 1. The zero-order valence-corrected chi connectivity index (χ0v) is 12.7. The Morgan fingerprint density at radius 2 is 2.05 bits per heavy atom. The van der Waals surface area contributed by atoms with Crippen LogP contribution in [0.2, 0.25) is 0 Å². The third kappa shape index (κ3) is 4.47. The largest absolute Gasteiger partial charge is 0.481 e. The van der Waals surface area contributed by atoms with E-state index in [0.29, 0.717) is 13.0 Å². The molecular formula is C14H18BrN3O2. The van der Waals surface area contributed by atoms with Gasteiger partial charge in [0.25, 0.3) is 0 Å². The third-order valence-corrected chi connectivity index (χ3v) is 2.88. The number of carbonyl (C=O) groups is 1. The van der Waals surface area contributed by atoms with Crippen molar-refractivity contribution in [2.24, 2.45) is 10.8 Å². The molecule has 1 aliphatic rings. The van der Waals surface area contributed by atoms with Crippen LogP contribution in [0.4, 0.5) is 0 Å². The van der Waals surface area contributed by atoms with Crippen molar-refractivity contribution in [1.29, 1.82) is 0 Å². The predicted octanol–water partition coefficient (Wildman–Crippen LogP) is 1.99. The Kier molecular flexibility index (Phi) is 6.41. The van der Waals surface area contributed by atoms with E-state index in [2.05, 4.69) is 5.10 Å². The van der Waals surface area contributed by atoms with Crippen LogP contribution in [0.25, 0.3) is 0 Å². The average Bonchev–Trinajstić information content (AvgIpc) is 2.41. The molecule has 3 N–H and O–H groups in total. The van der Waals surface area contributed by atoms with Crippen molar-refractivity contribution in [3.05, 3.63) is 48.0 Å². The maximum atomic E-state index is 10.5. The number of hydrogen-bond acceptors (Lipinski definition) is 4. The van der Waals surface area contributed by atoms with Crippen molar-refractivity contribution in [1.82, 2.24) is 5.01 Å². The Hall–Kier alpha value is -1.66. The van der Waals surface area contributed by atoms with Gasteiger partial charge < -0.3 is 10.8 Å². The second kappa shape index (κ2) is 7.81. The quantitative estimate of drug-likeness (QED) is 0.859. The van der Waals surface area contributed by atoms with E-state index < -0.39 is 5.97 Å². The summed E-state index contributed by atoms with van der Waals surface area (Å²) in [6.07, 6.45) is 4.14. The summed E-state index contributed by atoms with van der Waals surface area (Å²) < 4.78 is 0. The predicted molar refractivity (Wildman–Crippen MR) is 84.0 cm³/mol. The van der Waals surface area contributed by atoms with Crippen molar-refractivity contribution < 1.29 is 9.90 Å². The van der Waals surface area contributed by atoms with E-state index in [-0.39, 0.29) is 29.6 Å². The molecule has 1 aromatic rings. The molecule has 0 bridgehead atoms. The second-order valence-electron chi connectivity index (χ2n) is 4.36. The Bertz CT molecular complexity index is 502. The average molecular weight is 340 g/mol. The van der Waals surface area contributed by atoms with E-state index in [1.54, 1.807) is 5.01 Å². The minimum Gasteiger partial charge on any atom is -0.481 e. The summed E-state index contributed by atoms with van der Waals surface area (Å²) in [5.41, 5.74) is 7.79. The lowest BCUT2D eigenvalue weighted by molar-refractivity contribution is -0.137. The SMILES string of the molecule is Br.NC1C=CC(c2ccccc2)=NN1CCCC(=O)O. The van der Waals surface area contributed by atoms with Gasteiger partial charge in [0, 0.05) is 18.5 Å². The summed E-state index contributed by atoms with van der Waals surface area (Å²) in [4.78, 5) is 10.5. The minimum absolute atomic E-state index is 0. The number of nitrogens with two attached hydrogens (primary N) is 1. The number of allylic oxidation sites excluding steroid dienone is 1. The highest BCUT2D eigenvalue weighted by Crippen LogP contribution is 2.12. The molecular weight excluding hydrogens is 322 g/mol. The molecule has 2 rings (SSSR count). The molecule has 5 nitrogen and oxygen atoms in total. The van der Waals surface area contributed by atoms with Gasteiger partial charge in [0.15, 0.2) is 0 Å². The van der Waals surface area contributed by atoms with Crippen molar-refractivity contribution in [3.8, 4) is 0 Å². The van der Waals surface area contributed by atoms with E-state index in [1.807, 2.05) is 42.5 Å². The van der Waals surface area contributed by atoms with Crippen LogP contribution in [0.1, 0.15) is 18.4 Å². The molecule has 0 aliphatic carbocycles. The first-order valence-electron chi connectivity index (χ1n) is 6.23. The number of carboxylic acids is 1. The van der Waals surface area contributed by atoms with Crippen LogP contribution >= 0.6 is 17.0 Å². The Morgan fingerprint density at radius 1 is 1.35 bits per heavy atom. The number of rotatable bonds is 5. The van der Waals surface area contributed by atoms with Gasteiger partial charge in [0.05, 0.1) is 5.71 Å². The van der Waals surface area contributed by atoms with Crippen molar-refractivity contribution in [2.75, 3.05) is 6.54 Å². The normalized spacial score (nSPS) is 17.4. The molecule has 0 amide bonds. The van der Waals surface area contributed by atoms with Crippen LogP contribution < -0.4 is 5.73 Å². The number of hydrogen-bond donors (Lipinski definition) is 2. The van der Waals surface area contributed by atoms with Crippen LogP contribution in [0.5, 0.6) is 0 Å². The van der Waals surface area contributed by atoms with E-state index in [9.17, 15) is 4.79 Å². The molecule has 20 heavy (non-hydrogen) atoms. The van der Waals surface area contributed by atoms with Gasteiger partial charge in [0.2, 0.25) is 0 Å². The summed E-state index contributed by atoms with van der Waals surface area (Å²) in [5.74, 6) is -0.798. The highest BCUT2D eigenvalue weighted by Gasteiger charge is 2.15. The zero-order valence-electron chi connectivity index (χ0n) is 11.0. The van der Waals surface area contributed by atoms with Gasteiger partial charge in [-0.15, -0.1) is 17.0 Å². The maximum absolute atomic E-state index is 10.5. The highest BCUT2D eigenvalue weighted by molar-refractivity contribution is 8.93. The molecule has 0 saturated carbocycles. The standard InChI is InChI=1S/C14H17N3O2.BrH/c15-13-9-8-12(11-5-2-1-3-6-11)16-17(13)10-4-7-14(18)19;/h1-3,5-6,8-9,13H,4,7,10,15H2,(H,18,19);1H. The van der Waals surface area contributed by atoms with Gasteiger partial charge >= 0.3 is 5.97 Å². The van der Waals surface area contributed by atoms with Crippen molar-refractivity contribution >= 4 is 28.7 Å². The lowest BCUT2D eigenvalue weighted by Crippen LogP contribution is -2.40. The molecule has 1 aliphatic heterocycles. The van der Waals surface area contributed by atoms with Gasteiger partial charge in [-0.05, 0) is 18.6 Å². The zero-order chi connectivity index (χ0) is 13.7. The molecule has 1 heterocycles. The molecule has 1 unspecified atom stereocenters. The topological polar surface area (TPSA) is 78.9 Å². The molecule has 0 aromatic heterocycles. The Labute approximate surface area is 128 Å². The van der Waals surface area contributed by atoms with Crippen LogP contribution in [-0.4, -0.2) is 34.5 Å². The highest BCUT2D eigenvalue weighted by atomic mass is 79.9. The van der Waals surface area contributed by atoms with Crippen molar-refractivity contribution in [3.63, 3.8) is 0 Å². The van der Waals surface area contributed by atoms with Crippen LogP contribution in [0.3, 0.4) is 0 Å². The van der Waals surface area contributed by atoms with Crippen LogP contribution in [0.15, 0.2) is 47.6 Å². The van der Waals surface area contributed by atoms with Crippen molar-refractivity contribution in [2.45, 2.75) is 19.0 Å². The molecule has 1 atom stereocenters. The summed E-state index contributed by atoms with van der Waals surface area (Å²) in [7, 11) is 0. The maximum Gasteiger partial charge on any atom is 0.303 e. The minimum atomic E-state index is -0.798. The van der Waals surface area contributed by atoms with Crippen LogP contribution in [0, 0.1) is 0 Å². The molecule has 0 spiro atoms. The fourth-order valence-electron chi connectivity index (χ4n) is 1.88. The number of hydrazone groups is 1. The number of aliphatic carboxylic acids is 1.